The number of ether oxygens (including phenoxy) is 2. The van der Waals surface area contributed by atoms with E-state index < -0.39 is 17.8 Å². The van der Waals surface area contributed by atoms with Crippen LogP contribution in [0.2, 0.25) is 0 Å². The molecule has 7 heteroatoms. The van der Waals surface area contributed by atoms with Gasteiger partial charge < -0.3 is 9.47 Å². The van der Waals surface area contributed by atoms with E-state index in [1.54, 1.807) is 20.8 Å². The van der Waals surface area contributed by atoms with Crippen molar-refractivity contribution in [1.82, 2.24) is 15.8 Å². The molecule has 0 unspecified atom stereocenters. The molecule has 1 saturated heterocycles. The van der Waals surface area contributed by atoms with Crippen molar-refractivity contribution in [3.8, 4) is 0 Å². The molecule has 0 aromatic carbocycles. The van der Waals surface area contributed by atoms with Gasteiger partial charge in [0.1, 0.15) is 5.60 Å². The van der Waals surface area contributed by atoms with E-state index in [1.807, 2.05) is 5.01 Å². The molecule has 1 fully saturated rings. The van der Waals surface area contributed by atoms with Gasteiger partial charge in [0.25, 0.3) is 0 Å². The van der Waals surface area contributed by atoms with Gasteiger partial charge in [-0.2, -0.15) is 0 Å². The molecule has 7 nitrogen and oxygen atoms in total. The minimum atomic E-state index is -0.613. The van der Waals surface area contributed by atoms with Crippen molar-refractivity contribution in [2.24, 2.45) is 0 Å². The fraction of sp³-hybridized carbons (Fsp3) is 0.833. The molecule has 0 aliphatic carbocycles. The zero-order valence-corrected chi connectivity index (χ0v) is 11.8. The normalized spacial score (nSPS) is 16.6. The van der Waals surface area contributed by atoms with Crippen LogP contribution in [0.15, 0.2) is 0 Å². The number of alkyl carbamates (subject to hydrolysis) is 1. The standard InChI is InChI=1S/C12H23N3O4/c1-12(2,3)19-10(16)13-9-18-11(17)14-15-7-5-4-6-8-15/h4-9H2,1-3H3,(H,13,16)(H,14,17). The van der Waals surface area contributed by atoms with Crippen LogP contribution in [0.5, 0.6) is 0 Å². The van der Waals surface area contributed by atoms with Crippen molar-refractivity contribution in [3.63, 3.8) is 0 Å². The number of hydrogen-bond acceptors (Lipinski definition) is 5. The van der Waals surface area contributed by atoms with E-state index in [9.17, 15) is 9.59 Å². The number of piperidine rings is 1. The molecule has 0 aromatic heterocycles. The highest BCUT2D eigenvalue weighted by Crippen LogP contribution is 2.06. The lowest BCUT2D eigenvalue weighted by Gasteiger charge is -2.26. The summed E-state index contributed by atoms with van der Waals surface area (Å²) in [6, 6.07) is 0. The summed E-state index contributed by atoms with van der Waals surface area (Å²) in [5.41, 5.74) is 2.05. The molecular weight excluding hydrogens is 250 g/mol. The van der Waals surface area contributed by atoms with Gasteiger partial charge in [-0.1, -0.05) is 6.42 Å². The monoisotopic (exact) mass is 273 g/mol. The van der Waals surface area contributed by atoms with E-state index >= 15 is 0 Å². The van der Waals surface area contributed by atoms with Crippen LogP contribution in [0.25, 0.3) is 0 Å². The lowest BCUT2D eigenvalue weighted by Crippen LogP contribution is -2.46. The third-order valence-electron chi connectivity index (χ3n) is 2.42. The fourth-order valence-corrected chi connectivity index (χ4v) is 1.64. The number of carbonyl (C=O) groups is 2. The average Bonchev–Trinajstić information content (AvgIpc) is 2.27. The fourth-order valence-electron chi connectivity index (χ4n) is 1.64. The molecule has 0 radical (unpaired) electrons. The zero-order valence-electron chi connectivity index (χ0n) is 11.8. The number of nitrogens with one attached hydrogen (secondary N) is 2. The van der Waals surface area contributed by atoms with Crippen molar-refractivity contribution in [2.75, 3.05) is 19.8 Å². The summed E-state index contributed by atoms with van der Waals surface area (Å²) >= 11 is 0. The average molecular weight is 273 g/mol. The molecule has 0 atom stereocenters. The first-order valence-corrected chi connectivity index (χ1v) is 6.52. The van der Waals surface area contributed by atoms with Crippen molar-refractivity contribution >= 4 is 12.2 Å². The first-order valence-electron chi connectivity index (χ1n) is 6.52. The van der Waals surface area contributed by atoms with E-state index in [4.69, 9.17) is 9.47 Å². The Kier molecular flexibility index (Phi) is 5.88. The Morgan fingerprint density at radius 3 is 2.32 bits per heavy atom. The second kappa shape index (κ2) is 7.18. The zero-order chi connectivity index (χ0) is 14.3. The van der Waals surface area contributed by atoms with E-state index in [0.29, 0.717) is 0 Å². The van der Waals surface area contributed by atoms with Crippen LogP contribution in [-0.4, -0.2) is 42.6 Å². The number of rotatable bonds is 3. The smallest absolute Gasteiger partial charge is 0.423 e. The molecule has 1 rings (SSSR count). The van der Waals surface area contributed by atoms with Crippen LogP contribution in [-0.2, 0) is 9.47 Å². The first-order chi connectivity index (χ1) is 8.87. The summed E-state index contributed by atoms with van der Waals surface area (Å²) in [7, 11) is 0. The van der Waals surface area contributed by atoms with Crippen LogP contribution < -0.4 is 10.7 Å². The Labute approximate surface area is 113 Å². The Balaban J connectivity index is 2.11. The Morgan fingerprint density at radius 1 is 1.11 bits per heavy atom. The predicted molar refractivity (Wildman–Crippen MR) is 69.3 cm³/mol. The maximum absolute atomic E-state index is 11.4. The van der Waals surface area contributed by atoms with Crippen molar-refractivity contribution in [1.29, 1.82) is 0 Å². The van der Waals surface area contributed by atoms with Crippen LogP contribution in [0.3, 0.4) is 0 Å². The van der Waals surface area contributed by atoms with E-state index in [1.165, 1.54) is 6.42 Å². The lowest BCUT2D eigenvalue weighted by molar-refractivity contribution is 0.0430. The third kappa shape index (κ3) is 7.50. The molecule has 0 aromatic rings. The van der Waals surface area contributed by atoms with Crippen LogP contribution in [0.1, 0.15) is 40.0 Å². The number of amides is 2. The number of nitrogens with zero attached hydrogens (tertiary/aromatic N) is 1. The molecule has 1 aliphatic heterocycles. The molecule has 2 amide bonds. The Bertz CT molecular complexity index is 309. The minimum absolute atomic E-state index is 0.214. The summed E-state index contributed by atoms with van der Waals surface area (Å²) < 4.78 is 9.82. The topological polar surface area (TPSA) is 79.9 Å². The Hall–Kier alpha value is -1.50. The van der Waals surface area contributed by atoms with Crippen molar-refractivity contribution < 1.29 is 19.1 Å². The summed E-state index contributed by atoms with van der Waals surface area (Å²) in [6.07, 6.45) is 2.14. The quantitative estimate of drug-likeness (QED) is 0.763. The van der Waals surface area contributed by atoms with Gasteiger partial charge in [0.15, 0.2) is 6.73 Å². The van der Waals surface area contributed by atoms with E-state index in [0.717, 1.165) is 25.9 Å². The molecule has 110 valence electrons. The van der Waals surface area contributed by atoms with Gasteiger partial charge in [-0.15, -0.1) is 0 Å². The van der Waals surface area contributed by atoms with Crippen molar-refractivity contribution in [3.05, 3.63) is 0 Å². The van der Waals surface area contributed by atoms with Gasteiger partial charge >= 0.3 is 12.2 Å². The second-order valence-electron chi connectivity index (χ2n) is 5.41. The largest absolute Gasteiger partial charge is 0.444 e. The number of hydrogen-bond donors (Lipinski definition) is 2. The van der Waals surface area contributed by atoms with Crippen LogP contribution >= 0.6 is 0 Å². The van der Waals surface area contributed by atoms with E-state index in [2.05, 4.69) is 10.7 Å². The summed E-state index contributed by atoms with van der Waals surface area (Å²) in [6.45, 7) is 6.72. The summed E-state index contributed by atoms with van der Waals surface area (Å²) in [5, 5.41) is 4.16. The van der Waals surface area contributed by atoms with Gasteiger partial charge in [0.2, 0.25) is 0 Å². The highest BCUT2D eigenvalue weighted by atomic mass is 16.6. The highest BCUT2D eigenvalue weighted by molar-refractivity contribution is 5.69. The van der Waals surface area contributed by atoms with Gasteiger partial charge in [-0.3, -0.25) is 10.7 Å². The maximum Gasteiger partial charge on any atom is 0.423 e. The Morgan fingerprint density at radius 2 is 1.74 bits per heavy atom. The number of hydrazine groups is 1. The van der Waals surface area contributed by atoms with Crippen LogP contribution in [0, 0.1) is 0 Å². The minimum Gasteiger partial charge on any atom is -0.444 e. The highest BCUT2D eigenvalue weighted by Gasteiger charge is 2.17. The second-order valence-corrected chi connectivity index (χ2v) is 5.41. The molecule has 0 saturated carbocycles. The summed E-state index contributed by atoms with van der Waals surface area (Å²) in [5.74, 6) is 0. The SMILES string of the molecule is CC(C)(C)OC(=O)NCOC(=O)NN1CCCCC1. The molecule has 2 N–H and O–H groups in total. The lowest BCUT2D eigenvalue weighted by atomic mass is 10.2. The predicted octanol–water partition coefficient (Wildman–Crippen LogP) is 1.60. The molecule has 1 heterocycles. The number of carbonyl (C=O) groups excluding carboxylic acids is 2. The molecule has 0 bridgehead atoms. The summed E-state index contributed by atoms with van der Waals surface area (Å²) in [4.78, 5) is 22.7. The molecular formula is C12H23N3O4. The van der Waals surface area contributed by atoms with Gasteiger partial charge in [-0.05, 0) is 33.6 Å². The first kappa shape index (κ1) is 15.6. The van der Waals surface area contributed by atoms with Gasteiger partial charge in [-0.25, -0.2) is 14.6 Å². The van der Waals surface area contributed by atoms with Gasteiger partial charge in [0, 0.05) is 13.1 Å². The molecule has 19 heavy (non-hydrogen) atoms. The van der Waals surface area contributed by atoms with Crippen molar-refractivity contribution in [2.45, 2.75) is 45.6 Å². The van der Waals surface area contributed by atoms with Gasteiger partial charge in [0.05, 0.1) is 0 Å². The third-order valence-corrected chi connectivity index (χ3v) is 2.42. The molecule has 1 aliphatic rings. The van der Waals surface area contributed by atoms with Crippen LogP contribution in [0.4, 0.5) is 9.59 Å². The van der Waals surface area contributed by atoms with E-state index in [-0.39, 0.29) is 6.73 Å². The molecule has 0 spiro atoms. The maximum atomic E-state index is 11.4.